The lowest BCUT2D eigenvalue weighted by atomic mass is 10.2. The van der Waals surface area contributed by atoms with E-state index < -0.39 is 0 Å². The van der Waals surface area contributed by atoms with Gasteiger partial charge in [-0.2, -0.15) is 0 Å². The summed E-state index contributed by atoms with van der Waals surface area (Å²) in [7, 11) is 0. The van der Waals surface area contributed by atoms with E-state index in [2.05, 4.69) is 22.1 Å². The van der Waals surface area contributed by atoms with Crippen molar-refractivity contribution >= 4 is 16.5 Å². The zero-order valence-corrected chi connectivity index (χ0v) is 7.97. The van der Waals surface area contributed by atoms with E-state index in [4.69, 9.17) is 0 Å². The molecular formula is C8H13N3S. The Labute approximate surface area is 76.4 Å². The quantitative estimate of drug-likeness (QED) is 0.702. The van der Waals surface area contributed by atoms with Crippen LogP contribution in [0.25, 0.3) is 0 Å². The predicted octanol–water partition coefficient (Wildman–Crippen LogP) is 0.941. The van der Waals surface area contributed by atoms with Crippen LogP contribution in [-0.4, -0.2) is 30.7 Å². The van der Waals surface area contributed by atoms with Crippen molar-refractivity contribution in [2.45, 2.75) is 13.0 Å². The number of aromatic nitrogens is 1. The van der Waals surface area contributed by atoms with Crippen LogP contribution >= 0.6 is 11.3 Å². The summed E-state index contributed by atoms with van der Waals surface area (Å²) in [5, 5.41) is 6.59. The van der Waals surface area contributed by atoms with Crippen LogP contribution < -0.4 is 10.2 Å². The Morgan fingerprint density at radius 2 is 2.67 bits per heavy atom. The van der Waals surface area contributed by atoms with E-state index in [1.165, 1.54) is 0 Å². The predicted molar refractivity (Wildman–Crippen MR) is 51.8 cm³/mol. The minimum atomic E-state index is 0.586. The summed E-state index contributed by atoms with van der Waals surface area (Å²) in [6, 6.07) is 0.586. The molecule has 0 bridgehead atoms. The number of nitrogens with one attached hydrogen (secondary N) is 1. The summed E-state index contributed by atoms with van der Waals surface area (Å²) in [4.78, 5) is 6.63. The van der Waals surface area contributed by atoms with Gasteiger partial charge in [0.2, 0.25) is 0 Å². The van der Waals surface area contributed by atoms with Crippen LogP contribution in [0.1, 0.15) is 6.92 Å². The molecule has 4 heteroatoms. The number of rotatable bonds is 1. The van der Waals surface area contributed by atoms with Crippen molar-refractivity contribution in [3.8, 4) is 0 Å². The summed E-state index contributed by atoms with van der Waals surface area (Å²) in [6.45, 7) is 5.44. The first kappa shape index (κ1) is 8.01. The fourth-order valence-corrected chi connectivity index (χ4v) is 2.16. The third kappa shape index (κ3) is 1.59. The highest BCUT2D eigenvalue weighted by atomic mass is 32.1. The SMILES string of the molecule is C[C@@H]1CN(c2nccs2)CCN1. The van der Waals surface area contributed by atoms with Gasteiger partial charge in [0.05, 0.1) is 0 Å². The van der Waals surface area contributed by atoms with Crippen molar-refractivity contribution in [1.82, 2.24) is 10.3 Å². The van der Waals surface area contributed by atoms with Crippen LogP contribution in [0.5, 0.6) is 0 Å². The molecular weight excluding hydrogens is 170 g/mol. The average molecular weight is 183 g/mol. The van der Waals surface area contributed by atoms with E-state index in [0.29, 0.717) is 6.04 Å². The number of thiazole rings is 1. The van der Waals surface area contributed by atoms with E-state index in [9.17, 15) is 0 Å². The maximum absolute atomic E-state index is 4.29. The summed E-state index contributed by atoms with van der Waals surface area (Å²) >= 11 is 1.72. The first-order valence-electron chi connectivity index (χ1n) is 4.24. The van der Waals surface area contributed by atoms with Crippen LogP contribution in [0, 0.1) is 0 Å². The maximum Gasteiger partial charge on any atom is 0.185 e. The zero-order valence-electron chi connectivity index (χ0n) is 7.16. The molecule has 66 valence electrons. The molecule has 1 atom stereocenters. The molecule has 0 amide bonds. The van der Waals surface area contributed by atoms with E-state index in [1.807, 2.05) is 11.6 Å². The lowest BCUT2D eigenvalue weighted by Gasteiger charge is -2.31. The third-order valence-electron chi connectivity index (χ3n) is 2.06. The zero-order chi connectivity index (χ0) is 8.39. The van der Waals surface area contributed by atoms with Crippen molar-refractivity contribution in [3.05, 3.63) is 11.6 Å². The molecule has 2 heterocycles. The van der Waals surface area contributed by atoms with Crippen molar-refractivity contribution in [1.29, 1.82) is 0 Å². The molecule has 2 rings (SSSR count). The Hall–Kier alpha value is -0.610. The molecule has 1 fully saturated rings. The molecule has 1 N–H and O–H groups in total. The van der Waals surface area contributed by atoms with E-state index in [0.717, 1.165) is 24.8 Å². The molecule has 0 spiro atoms. The molecule has 1 aliphatic heterocycles. The van der Waals surface area contributed by atoms with Gasteiger partial charge in [0.25, 0.3) is 0 Å². The van der Waals surface area contributed by atoms with Gasteiger partial charge in [-0.15, -0.1) is 11.3 Å². The van der Waals surface area contributed by atoms with Gasteiger partial charge in [-0.3, -0.25) is 0 Å². The second-order valence-electron chi connectivity index (χ2n) is 3.12. The fraction of sp³-hybridized carbons (Fsp3) is 0.625. The highest BCUT2D eigenvalue weighted by Gasteiger charge is 2.16. The third-order valence-corrected chi connectivity index (χ3v) is 2.89. The minimum Gasteiger partial charge on any atom is -0.345 e. The van der Waals surface area contributed by atoms with Crippen molar-refractivity contribution < 1.29 is 0 Å². The Kier molecular flexibility index (Phi) is 2.28. The first-order valence-corrected chi connectivity index (χ1v) is 5.12. The van der Waals surface area contributed by atoms with Gasteiger partial charge in [0.15, 0.2) is 5.13 Å². The molecule has 1 aromatic heterocycles. The second kappa shape index (κ2) is 3.41. The summed E-state index contributed by atoms with van der Waals surface area (Å²) < 4.78 is 0. The summed E-state index contributed by atoms with van der Waals surface area (Å²) in [5.74, 6) is 0. The Morgan fingerprint density at radius 1 is 1.75 bits per heavy atom. The maximum atomic E-state index is 4.29. The van der Waals surface area contributed by atoms with Crippen molar-refractivity contribution in [2.75, 3.05) is 24.5 Å². The molecule has 1 aliphatic rings. The molecule has 0 saturated carbocycles. The van der Waals surface area contributed by atoms with Gasteiger partial charge in [0, 0.05) is 37.3 Å². The Balaban J connectivity index is 2.04. The molecule has 12 heavy (non-hydrogen) atoms. The highest BCUT2D eigenvalue weighted by molar-refractivity contribution is 7.13. The molecule has 3 nitrogen and oxygen atoms in total. The van der Waals surface area contributed by atoms with Gasteiger partial charge in [-0.05, 0) is 6.92 Å². The topological polar surface area (TPSA) is 28.2 Å². The molecule has 1 aromatic rings. The number of piperazine rings is 1. The van der Waals surface area contributed by atoms with Crippen LogP contribution in [0.3, 0.4) is 0 Å². The molecule has 0 aromatic carbocycles. The van der Waals surface area contributed by atoms with E-state index in [1.54, 1.807) is 11.3 Å². The summed E-state index contributed by atoms with van der Waals surface area (Å²) in [5.41, 5.74) is 0. The number of nitrogens with zero attached hydrogens (tertiary/aromatic N) is 2. The molecule has 1 saturated heterocycles. The van der Waals surface area contributed by atoms with Gasteiger partial charge in [0.1, 0.15) is 0 Å². The Morgan fingerprint density at radius 3 is 3.33 bits per heavy atom. The lowest BCUT2D eigenvalue weighted by Crippen LogP contribution is -2.49. The fourth-order valence-electron chi connectivity index (χ4n) is 1.48. The normalized spacial score (nSPS) is 24.4. The van der Waals surface area contributed by atoms with Crippen LogP contribution in [0.2, 0.25) is 0 Å². The molecule has 0 unspecified atom stereocenters. The van der Waals surface area contributed by atoms with E-state index >= 15 is 0 Å². The van der Waals surface area contributed by atoms with Crippen LogP contribution in [0.15, 0.2) is 11.6 Å². The molecule has 0 aliphatic carbocycles. The van der Waals surface area contributed by atoms with Gasteiger partial charge < -0.3 is 10.2 Å². The highest BCUT2D eigenvalue weighted by Crippen LogP contribution is 2.18. The average Bonchev–Trinajstić information content (AvgIpc) is 2.56. The van der Waals surface area contributed by atoms with Crippen LogP contribution in [-0.2, 0) is 0 Å². The minimum absolute atomic E-state index is 0.586. The number of hydrogen-bond acceptors (Lipinski definition) is 4. The summed E-state index contributed by atoms with van der Waals surface area (Å²) in [6.07, 6.45) is 1.87. The first-order chi connectivity index (χ1) is 5.86. The van der Waals surface area contributed by atoms with Crippen molar-refractivity contribution in [2.24, 2.45) is 0 Å². The second-order valence-corrected chi connectivity index (χ2v) is 3.99. The lowest BCUT2D eigenvalue weighted by molar-refractivity contribution is 0.484. The largest absolute Gasteiger partial charge is 0.345 e. The smallest absolute Gasteiger partial charge is 0.185 e. The number of anilines is 1. The number of hydrogen-bond donors (Lipinski definition) is 1. The van der Waals surface area contributed by atoms with Gasteiger partial charge in [-0.1, -0.05) is 0 Å². The van der Waals surface area contributed by atoms with Gasteiger partial charge in [-0.25, -0.2) is 4.98 Å². The van der Waals surface area contributed by atoms with Crippen molar-refractivity contribution in [3.63, 3.8) is 0 Å². The van der Waals surface area contributed by atoms with Crippen LogP contribution in [0.4, 0.5) is 5.13 Å². The monoisotopic (exact) mass is 183 g/mol. The van der Waals surface area contributed by atoms with E-state index in [-0.39, 0.29) is 0 Å². The standard InChI is InChI=1S/C8H13N3S/c1-7-6-11(4-2-9-7)8-10-3-5-12-8/h3,5,7,9H,2,4,6H2,1H3/t7-/m1/s1. The Bertz CT molecular complexity index is 234. The molecule has 0 radical (unpaired) electrons. The van der Waals surface area contributed by atoms with Gasteiger partial charge >= 0.3 is 0 Å².